The summed E-state index contributed by atoms with van der Waals surface area (Å²) in [5.41, 5.74) is 2.43. The van der Waals surface area contributed by atoms with Crippen LogP contribution in [0.2, 0.25) is 0 Å². The Balaban J connectivity index is 1.79. The Morgan fingerprint density at radius 1 is 0.692 bits per heavy atom. The van der Waals surface area contributed by atoms with Crippen molar-refractivity contribution in [1.82, 2.24) is 0 Å². The Morgan fingerprint density at radius 3 is 1.77 bits per heavy atom. The number of hydrogen-bond acceptors (Lipinski definition) is 2. The summed E-state index contributed by atoms with van der Waals surface area (Å²) in [4.78, 5) is 12.1. The van der Waals surface area contributed by atoms with E-state index in [4.69, 9.17) is 4.74 Å². The zero-order chi connectivity index (χ0) is 18.0. The zero-order valence-electron chi connectivity index (χ0n) is 14.1. The summed E-state index contributed by atoms with van der Waals surface area (Å²) in [5.74, 6) is 10.8. The van der Waals surface area contributed by atoms with E-state index in [1.54, 1.807) is 0 Å². The second kappa shape index (κ2) is 8.92. The first-order chi connectivity index (χ1) is 12.8. The lowest BCUT2D eigenvalue weighted by atomic mass is 10.1. The Bertz CT molecular complexity index is 970. The van der Waals surface area contributed by atoms with E-state index in [0.29, 0.717) is 0 Å². The third kappa shape index (κ3) is 5.13. The van der Waals surface area contributed by atoms with Gasteiger partial charge in [0, 0.05) is 22.6 Å². The van der Waals surface area contributed by atoms with Gasteiger partial charge in [-0.05, 0) is 30.2 Å². The number of carbonyl (C=O) groups is 1. The molecule has 0 amide bonds. The first-order valence-corrected chi connectivity index (χ1v) is 8.20. The molecule has 0 bridgehead atoms. The van der Waals surface area contributed by atoms with Crippen LogP contribution in [0.3, 0.4) is 0 Å². The maximum atomic E-state index is 12.1. The fraction of sp³-hybridized carbons (Fsp3) is 0.0417. The van der Waals surface area contributed by atoms with E-state index in [0.717, 1.165) is 16.7 Å². The van der Waals surface area contributed by atoms with Crippen molar-refractivity contribution in [3.05, 3.63) is 108 Å². The third-order valence-electron chi connectivity index (χ3n) is 3.53. The lowest BCUT2D eigenvalue weighted by Gasteiger charge is -2.10. The maximum absolute atomic E-state index is 12.1. The molecule has 3 aromatic carbocycles. The fourth-order valence-electron chi connectivity index (χ4n) is 2.26. The highest BCUT2D eigenvalue weighted by Crippen LogP contribution is 2.16. The molecule has 0 aliphatic rings. The molecule has 0 radical (unpaired) electrons. The van der Waals surface area contributed by atoms with Crippen LogP contribution < -0.4 is 0 Å². The van der Waals surface area contributed by atoms with Crippen LogP contribution in [0.25, 0.3) is 0 Å². The molecule has 1 unspecified atom stereocenters. The normalized spacial score (nSPS) is 10.5. The van der Waals surface area contributed by atoms with Crippen molar-refractivity contribution in [2.45, 2.75) is 6.10 Å². The number of esters is 1. The highest BCUT2D eigenvalue weighted by molar-refractivity contribution is 5.89. The van der Waals surface area contributed by atoms with Crippen LogP contribution in [0.5, 0.6) is 0 Å². The average Bonchev–Trinajstić information content (AvgIpc) is 2.72. The predicted molar refractivity (Wildman–Crippen MR) is 102 cm³/mol. The van der Waals surface area contributed by atoms with Crippen LogP contribution in [0, 0.1) is 23.7 Å². The summed E-state index contributed by atoms with van der Waals surface area (Å²) < 4.78 is 5.49. The Hall–Kier alpha value is -3.75. The molecule has 0 N–H and O–H groups in total. The molecule has 0 fully saturated rings. The van der Waals surface area contributed by atoms with Gasteiger partial charge in [-0.3, -0.25) is 0 Å². The summed E-state index contributed by atoms with van der Waals surface area (Å²) in [6.45, 7) is 0. The van der Waals surface area contributed by atoms with E-state index in [1.165, 1.54) is 0 Å². The smallest absolute Gasteiger partial charge is 0.386 e. The minimum atomic E-state index is -0.672. The standard InChI is InChI=1S/C24H16O2/c25-24(19-17-21-12-6-2-7-13-21)26-23(22-14-8-3-9-15-22)18-16-20-10-4-1-5-11-20/h1-15,23H. The molecule has 0 saturated carbocycles. The van der Waals surface area contributed by atoms with Crippen LogP contribution in [-0.2, 0) is 9.53 Å². The minimum absolute atomic E-state index is 0.606. The van der Waals surface area contributed by atoms with Crippen molar-refractivity contribution in [3.8, 4) is 23.7 Å². The maximum Gasteiger partial charge on any atom is 0.386 e. The molecule has 3 aromatic rings. The topological polar surface area (TPSA) is 26.3 Å². The van der Waals surface area contributed by atoms with Gasteiger partial charge in [-0.2, -0.15) is 0 Å². The molecule has 3 rings (SSSR count). The third-order valence-corrected chi connectivity index (χ3v) is 3.53. The molecular formula is C24H16O2. The van der Waals surface area contributed by atoms with Gasteiger partial charge in [0.25, 0.3) is 0 Å². The Labute approximate surface area is 153 Å². The van der Waals surface area contributed by atoms with Crippen molar-refractivity contribution in [2.75, 3.05) is 0 Å². The summed E-state index contributed by atoms with van der Waals surface area (Å²) in [7, 11) is 0. The Kier molecular flexibility index (Phi) is 5.86. The van der Waals surface area contributed by atoms with Gasteiger partial charge in [-0.25, -0.2) is 4.79 Å². The highest BCUT2D eigenvalue weighted by Gasteiger charge is 2.12. The van der Waals surface area contributed by atoms with Gasteiger partial charge < -0.3 is 4.74 Å². The number of carbonyl (C=O) groups excluding carboxylic acids is 1. The van der Waals surface area contributed by atoms with Gasteiger partial charge in [0.05, 0.1) is 0 Å². The molecule has 0 spiro atoms. The monoisotopic (exact) mass is 336 g/mol. The van der Waals surface area contributed by atoms with Crippen LogP contribution in [0.15, 0.2) is 91.0 Å². The molecule has 0 saturated heterocycles. The zero-order valence-corrected chi connectivity index (χ0v) is 14.1. The lowest BCUT2D eigenvalue weighted by molar-refractivity contribution is -0.139. The second-order valence-electron chi connectivity index (χ2n) is 5.45. The molecule has 0 aromatic heterocycles. The van der Waals surface area contributed by atoms with E-state index in [-0.39, 0.29) is 0 Å². The quantitative estimate of drug-likeness (QED) is 0.513. The molecule has 1 atom stereocenters. The van der Waals surface area contributed by atoms with E-state index in [2.05, 4.69) is 23.7 Å². The molecule has 0 aliphatic carbocycles. The van der Waals surface area contributed by atoms with Gasteiger partial charge in [0.2, 0.25) is 0 Å². The van der Waals surface area contributed by atoms with Gasteiger partial charge in [-0.1, -0.05) is 78.6 Å². The van der Waals surface area contributed by atoms with Crippen LogP contribution in [0.1, 0.15) is 22.8 Å². The van der Waals surface area contributed by atoms with Crippen molar-refractivity contribution < 1.29 is 9.53 Å². The molecule has 26 heavy (non-hydrogen) atoms. The number of rotatable bonds is 2. The summed E-state index contributed by atoms with van der Waals surface area (Å²) in [6, 6.07) is 28.3. The minimum Gasteiger partial charge on any atom is -0.435 e. The second-order valence-corrected chi connectivity index (χ2v) is 5.45. The highest BCUT2D eigenvalue weighted by atomic mass is 16.5. The molecular weight excluding hydrogens is 320 g/mol. The van der Waals surface area contributed by atoms with Crippen LogP contribution >= 0.6 is 0 Å². The summed E-state index contributed by atoms with van der Waals surface area (Å²) in [6.07, 6.45) is -0.672. The van der Waals surface area contributed by atoms with Gasteiger partial charge in [-0.15, -0.1) is 0 Å². The van der Waals surface area contributed by atoms with Crippen LogP contribution in [0.4, 0.5) is 0 Å². The SMILES string of the molecule is O=C(C#Cc1ccccc1)OC(C#Cc1ccccc1)c1ccccc1. The van der Waals surface area contributed by atoms with Gasteiger partial charge in [0.1, 0.15) is 0 Å². The van der Waals surface area contributed by atoms with Crippen molar-refractivity contribution >= 4 is 5.97 Å². The van der Waals surface area contributed by atoms with E-state index < -0.39 is 12.1 Å². The molecule has 2 heteroatoms. The lowest BCUT2D eigenvalue weighted by Crippen LogP contribution is -2.08. The molecule has 0 heterocycles. The van der Waals surface area contributed by atoms with Gasteiger partial charge >= 0.3 is 5.97 Å². The predicted octanol–water partition coefficient (Wildman–Crippen LogP) is 4.37. The number of hydrogen-bond donors (Lipinski definition) is 0. The van der Waals surface area contributed by atoms with E-state index in [9.17, 15) is 4.79 Å². The molecule has 2 nitrogen and oxygen atoms in total. The number of ether oxygens (including phenoxy) is 1. The first-order valence-electron chi connectivity index (χ1n) is 8.20. The van der Waals surface area contributed by atoms with Gasteiger partial charge in [0.15, 0.2) is 6.10 Å². The average molecular weight is 336 g/mol. The van der Waals surface area contributed by atoms with Crippen molar-refractivity contribution in [3.63, 3.8) is 0 Å². The largest absolute Gasteiger partial charge is 0.435 e. The Morgan fingerprint density at radius 2 is 1.19 bits per heavy atom. The summed E-state index contributed by atoms with van der Waals surface area (Å²) >= 11 is 0. The fourth-order valence-corrected chi connectivity index (χ4v) is 2.26. The van der Waals surface area contributed by atoms with E-state index in [1.807, 2.05) is 91.0 Å². The van der Waals surface area contributed by atoms with Crippen LogP contribution in [-0.4, -0.2) is 5.97 Å². The first kappa shape index (κ1) is 17.1. The van der Waals surface area contributed by atoms with Crippen molar-refractivity contribution in [1.29, 1.82) is 0 Å². The molecule has 124 valence electrons. The number of benzene rings is 3. The molecule has 0 aliphatic heterocycles. The van der Waals surface area contributed by atoms with Crippen molar-refractivity contribution in [2.24, 2.45) is 0 Å². The summed E-state index contributed by atoms with van der Waals surface area (Å²) in [5, 5.41) is 0. The van der Waals surface area contributed by atoms with E-state index >= 15 is 0 Å².